The first-order chi connectivity index (χ1) is 9.51. The molecule has 1 aliphatic heterocycles. The number of hydrogen-bond donors (Lipinski definition) is 1. The lowest BCUT2D eigenvalue weighted by Gasteiger charge is -2.43. The number of rotatable bonds is 4. The van der Waals surface area contributed by atoms with Crippen molar-refractivity contribution in [2.45, 2.75) is 75.7 Å². The molecule has 1 nitrogen and oxygen atoms in total. The third kappa shape index (κ3) is 4.33. The quantitative estimate of drug-likeness (QED) is 0.810. The van der Waals surface area contributed by atoms with Crippen molar-refractivity contribution in [2.24, 2.45) is 17.8 Å². The first-order valence-electron chi connectivity index (χ1n) is 8.51. The first kappa shape index (κ1) is 17.0. The lowest BCUT2D eigenvalue weighted by Crippen LogP contribution is -2.49. The Kier molecular flexibility index (Phi) is 6.62. The molecule has 6 unspecified atom stereocenters. The number of thioether (sulfide) groups is 2. The van der Waals surface area contributed by atoms with Gasteiger partial charge in [-0.25, -0.2) is 0 Å². The maximum absolute atomic E-state index is 3.86. The molecule has 20 heavy (non-hydrogen) atoms. The van der Waals surface area contributed by atoms with Crippen LogP contribution in [0.1, 0.15) is 53.9 Å². The van der Waals surface area contributed by atoms with Crippen LogP contribution in [0.2, 0.25) is 0 Å². The molecule has 6 atom stereocenters. The van der Waals surface area contributed by atoms with Gasteiger partial charge >= 0.3 is 0 Å². The van der Waals surface area contributed by atoms with Gasteiger partial charge in [0.1, 0.15) is 0 Å². The molecular formula is C17H33NS2. The average molecular weight is 316 g/mol. The smallest absolute Gasteiger partial charge is 0.0297 e. The largest absolute Gasteiger partial charge is 0.313 e. The molecule has 0 bridgehead atoms. The second-order valence-electron chi connectivity index (χ2n) is 7.18. The van der Waals surface area contributed by atoms with Gasteiger partial charge in [0.25, 0.3) is 0 Å². The molecule has 1 saturated heterocycles. The Balaban J connectivity index is 2.02. The molecule has 0 radical (unpaired) electrons. The highest BCUT2D eigenvalue weighted by molar-refractivity contribution is 8.07. The van der Waals surface area contributed by atoms with E-state index in [2.05, 4.69) is 63.5 Å². The second-order valence-corrected chi connectivity index (χ2v) is 10.2. The van der Waals surface area contributed by atoms with Crippen LogP contribution in [0.25, 0.3) is 0 Å². The minimum absolute atomic E-state index is 0.734. The Morgan fingerprint density at radius 3 is 2.20 bits per heavy atom. The van der Waals surface area contributed by atoms with E-state index in [1.807, 2.05) is 0 Å². The minimum Gasteiger partial charge on any atom is -0.313 e. The molecular weight excluding hydrogens is 282 g/mol. The fraction of sp³-hybridized carbons (Fsp3) is 1.00. The monoisotopic (exact) mass is 315 g/mol. The van der Waals surface area contributed by atoms with Crippen LogP contribution in [-0.2, 0) is 0 Å². The Bertz CT molecular complexity index is 287. The van der Waals surface area contributed by atoms with Crippen molar-refractivity contribution >= 4 is 23.5 Å². The summed E-state index contributed by atoms with van der Waals surface area (Å²) in [6.45, 7) is 13.1. The van der Waals surface area contributed by atoms with Crippen molar-refractivity contribution < 1.29 is 0 Å². The van der Waals surface area contributed by atoms with Gasteiger partial charge in [-0.1, -0.05) is 34.6 Å². The zero-order valence-electron chi connectivity index (χ0n) is 13.9. The molecule has 0 aromatic rings. The third-order valence-corrected chi connectivity index (χ3v) is 8.65. The molecule has 0 aromatic heterocycles. The molecule has 3 heteroatoms. The van der Waals surface area contributed by atoms with Crippen molar-refractivity contribution in [3.63, 3.8) is 0 Å². The fourth-order valence-corrected chi connectivity index (χ4v) is 7.35. The summed E-state index contributed by atoms with van der Waals surface area (Å²) in [4.78, 5) is 0. The Labute approximate surface area is 134 Å². The highest BCUT2D eigenvalue weighted by Gasteiger charge is 2.37. The third-order valence-electron chi connectivity index (χ3n) is 5.14. The highest BCUT2D eigenvalue weighted by atomic mass is 32.2. The van der Waals surface area contributed by atoms with Crippen LogP contribution in [-0.4, -0.2) is 34.1 Å². The molecule has 1 N–H and O–H groups in total. The second kappa shape index (κ2) is 7.78. The number of hydrogen-bond acceptors (Lipinski definition) is 3. The normalized spacial score (nSPS) is 44.2. The van der Waals surface area contributed by atoms with E-state index in [-0.39, 0.29) is 0 Å². The predicted octanol–water partition coefficient (Wildman–Crippen LogP) is 4.66. The van der Waals surface area contributed by atoms with Crippen molar-refractivity contribution in [2.75, 3.05) is 12.3 Å². The van der Waals surface area contributed by atoms with Crippen LogP contribution >= 0.6 is 23.5 Å². The van der Waals surface area contributed by atoms with E-state index in [0.29, 0.717) is 0 Å². The molecule has 2 rings (SSSR count). The van der Waals surface area contributed by atoms with Gasteiger partial charge in [-0.05, 0) is 43.6 Å². The van der Waals surface area contributed by atoms with Crippen LogP contribution in [0.4, 0.5) is 0 Å². The topological polar surface area (TPSA) is 12.0 Å². The minimum atomic E-state index is 0.734. The van der Waals surface area contributed by atoms with Crippen LogP contribution in [0.3, 0.4) is 0 Å². The summed E-state index contributed by atoms with van der Waals surface area (Å²) < 4.78 is 0. The Hall–Kier alpha value is 0.660. The van der Waals surface area contributed by atoms with Gasteiger partial charge in [-0.2, -0.15) is 23.5 Å². The maximum atomic E-state index is 3.86. The van der Waals surface area contributed by atoms with Crippen LogP contribution in [0.15, 0.2) is 0 Å². The van der Waals surface area contributed by atoms with Gasteiger partial charge in [-0.3, -0.25) is 0 Å². The lowest BCUT2D eigenvalue weighted by molar-refractivity contribution is 0.177. The van der Waals surface area contributed by atoms with Crippen molar-refractivity contribution in [3.05, 3.63) is 0 Å². The van der Waals surface area contributed by atoms with E-state index < -0.39 is 0 Å². The van der Waals surface area contributed by atoms with E-state index in [1.54, 1.807) is 0 Å². The first-order valence-corrected chi connectivity index (χ1v) is 10.5. The molecule has 0 aromatic carbocycles. The molecule has 1 saturated carbocycles. The van der Waals surface area contributed by atoms with Gasteiger partial charge in [-0.15, -0.1) is 0 Å². The summed E-state index contributed by atoms with van der Waals surface area (Å²) in [5.74, 6) is 4.07. The SMILES string of the molecule is CCNC(C1CC(C)CC(C)C1)C1CSC(C)C(C)S1. The summed E-state index contributed by atoms with van der Waals surface area (Å²) in [6, 6.07) is 0.734. The van der Waals surface area contributed by atoms with Crippen molar-refractivity contribution in [1.82, 2.24) is 5.32 Å². The standard InChI is InChI=1S/C17H33NS2/c1-6-18-17(15-8-11(2)7-12(3)9-15)16-10-19-13(4)14(5)20-16/h11-18H,6-10H2,1-5H3. The van der Waals surface area contributed by atoms with E-state index in [0.717, 1.165) is 46.1 Å². The van der Waals surface area contributed by atoms with Gasteiger partial charge < -0.3 is 5.32 Å². The highest BCUT2D eigenvalue weighted by Crippen LogP contribution is 2.42. The molecule has 1 aliphatic carbocycles. The van der Waals surface area contributed by atoms with Crippen LogP contribution < -0.4 is 5.32 Å². The van der Waals surface area contributed by atoms with Crippen molar-refractivity contribution in [1.29, 1.82) is 0 Å². The Morgan fingerprint density at radius 2 is 1.65 bits per heavy atom. The van der Waals surface area contributed by atoms with E-state index in [4.69, 9.17) is 0 Å². The van der Waals surface area contributed by atoms with E-state index in [9.17, 15) is 0 Å². The molecule has 2 aliphatic rings. The zero-order chi connectivity index (χ0) is 14.7. The summed E-state index contributed by atoms with van der Waals surface area (Å²) in [5, 5.41) is 6.30. The van der Waals surface area contributed by atoms with E-state index >= 15 is 0 Å². The van der Waals surface area contributed by atoms with Gasteiger partial charge in [0.05, 0.1) is 0 Å². The van der Waals surface area contributed by atoms with Gasteiger partial charge in [0, 0.05) is 27.5 Å². The molecule has 0 spiro atoms. The summed E-state index contributed by atoms with van der Waals surface area (Å²) in [5.41, 5.74) is 0. The molecule has 0 amide bonds. The maximum Gasteiger partial charge on any atom is 0.0297 e. The molecule has 2 fully saturated rings. The van der Waals surface area contributed by atoms with Gasteiger partial charge in [0.15, 0.2) is 0 Å². The fourth-order valence-electron chi connectivity index (χ4n) is 4.14. The lowest BCUT2D eigenvalue weighted by atomic mass is 9.73. The zero-order valence-corrected chi connectivity index (χ0v) is 15.5. The van der Waals surface area contributed by atoms with Crippen LogP contribution in [0.5, 0.6) is 0 Å². The van der Waals surface area contributed by atoms with Gasteiger partial charge in [0.2, 0.25) is 0 Å². The molecule has 1 heterocycles. The predicted molar refractivity (Wildman–Crippen MR) is 95.9 cm³/mol. The van der Waals surface area contributed by atoms with Crippen LogP contribution in [0, 0.1) is 17.8 Å². The van der Waals surface area contributed by atoms with E-state index in [1.165, 1.54) is 25.0 Å². The van der Waals surface area contributed by atoms with Crippen molar-refractivity contribution in [3.8, 4) is 0 Å². The summed E-state index contributed by atoms with van der Waals surface area (Å²) in [6.07, 6.45) is 4.32. The summed E-state index contributed by atoms with van der Waals surface area (Å²) in [7, 11) is 0. The number of nitrogens with one attached hydrogen (secondary N) is 1. The average Bonchev–Trinajstić information content (AvgIpc) is 2.38. The summed E-state index contributed by atoms with van der Waals surface area (Å²) >= 11 is 4.45. The Morgan fingerprint density at radius 1 is 1.00 bits per heavy atom. The molecule has 118 valence electrons.